The van der Waals surface area contributed by atoms with Gasteiger partial charge in [-0.05, 0) is 37.8 Å². The summed E-state index contributed by atoms with van der Waals surface area (Å²) in [6.07, 6.45) is 2.11. The molecule has 1 aromatic carbocycles. The number of rotatable bonds is 6. The maximum Gasteiger partial charge on any atom is 0.227 e. The van der Waals surface area contributed by atoms with E-state index in [1.165, 1.54) is 11.1 Å². The Kier molecular flexibility index (Phi) is 5.80. The summed E-state index contributed by atoms with van der Waals surface area (Å²) in [5.41, 5.74) is 3.42. The van der Waals surface area contributed by atoms with Crippen LogP contribution in [0.25, 0.3) is 0 Å². The summed E-state index contributed by atoms with van der Waals surface area (Å²) in [5.74, 6) is -0.0268. The summed E-state index contributed by atoms with van der Waals surface area (Å²) in [7, 11) is 0. The van der Waals surface area contributed by atoms with E-state index in [9.17, 15) is 9.59 Å². The molecule has 1 heterocycles. The third kappa shape index (κ3) is 3.41. The van der Waals surface area contributed by atoms with E-state index in [4.69, 9.17) is 0 Å². The average molecular weight is 316 g/mol. The fraction of sp³-hybridized carbons (Fsp3) is 0.579. The Bertz CT molecular complexity index is 556. The highest BCUT2D eigenvalue weighted by Gasteiger charge is 2.37. The maximum absolute atomic E-state index is 12.6. The van der Waals surface area contributed by atoms with Gasteiger partial charge in [-0.15, -0.1) is 0 Å². The lowest BCUT2D eigenvalue weighted by atomic mass is 10.0. The fourth-order valence-corrected chi connectivity index (χ4v) is 3.44. The Balaban J connectivity index is 2.29. The van der Waals surface area contributed by atoms with Gasteiger partial charge in [0.2, 0.25) is 11.8 Å². The third-order valence-electron chi connectivity index (χ3n) is 4.78. The van der Waals surface area contributed by atoms with Crippen LogP contribution in [0.5, 0.6) is 0 Å². The molecule has 0 spiro atoms. The van der Waals surface area contributed by atoms with Crippen molar-refractivity contribution in [1.29, 1.82) is 0 Å². The summed E-state index contributed by atoms with van der Waals surface area (Å²) in [6.45, 7) is 10.1. The Morgan fingerprint density at radius 2 is 1.70 bits per heavy atom. The van der Waals surface area contributed by atoms with Gasteiger partial charge < -0.3 is 9.80 Å². The van der Waals surface area contributed by atoms with Crippen molar-refractivity contribution >= 4 is 17.5 Å². The van der Waals surface area contributed by atoms with Crippen molar-refractivity contribution in [3.63, 3.8) is 0 Å². The van der Waals surface area contributed by atoms with E-state index in [1.807, 2.05) is 23.6 Å². The van der Waals surface area contributed by atoms with Crippen molar-refractivity contribution in [3.8, 4) is 0 Å². The minimum atomic E-state index is -0.211. The first kappa shape index (κ1) is 17.5. The molecule has 1 saturated heterocycles. The predicted octanol–water partition coefficient (Wildman–Crippen LogP) is 3.03. The van der Waals surface area contributed by atoms with Crippen LogP contribution in [0.15, 0.2) is 18.2 Å². The van der Waals surface area contributed by atoms with Gasteiger partial charge in [-0.2, -0.15) is 0 Å². The topological polar surface area (TPSA) is 40.6 Å². The largest absolute Gasteiger partial charge is 0.343 e. The third-order valence-corrected chi connectivity index (χ3v) is 4.78. The van der Waals surface area contributed by atoms with Crippen molar-refractivity contribution < 1.29 is 9.59 Å². The zero-order valence-electron chi connectivity index (χ0n) is 14.8. The molecule has 1 aromatic rings. The van der Waals surface area contributed by atoms with Gasteiger partial charge in [-0.25, -0.2) is 0 Å². The molecule has 2 rings (SSSR count). The van der Waals surface area contributed by atoms with Crippen LogP contribution in [0, 0.1) is 5.92 Å². The molecule has 0 radical (unpaired) electrons. The molecular formula is C19H28N2O2. The normalized spacial score (nSPS) is 17.7. The van der Waals surface area contributed by atoms with Crippen molar-refractivity contribution in [2.24, 2.45) is 5.92 Å². The minimum absolute atomic E-state index is 0.0751. The monoisotopic (exact) mass is 316 g/mol. The number of aryl methyl sites for hydroxylation is 2. The van der Waals surface area contributed by atoms with E-state index < -0.39 is 0 Å². The Hall–Kier alpha value is -1.84. The summed E-state index contributed by atoms with van der Waals surface area (Å²) < 4.78 is 0. The molecule has 0 aromatic heterocycles. The lowest BCUT2D eigenvalue weighted by molar-refractivity contribution is -0.135. The molecule has 1 atom stereocenters. The molecule has 4 heteroatoms. The van der Waals surface area contributed by atoms with Gasteiger partial charge in [0.15, 0.2) is 0 Å². The van der Waals surface area contributed by atoms with Crippen LogP contribution in [0.4, 0.5) is 5.69 Å². The molecule has 1 aliphatic rings. The molecule has 0 aliphatic carbocycles. The van der Waals surface area contributed by atoms with Gasteiger partial charge in [-0.3, -0.25) is 9.59 Å². The second-order valence-electron chi connectivity index (χ2n) is 6.05. The van der Waals surface area contributed by atoms with E-state index in [2.05, 4.69) is 32.0 Å². The van der Waals surface area contributed by atoms with Crippen LogP contribution in [-0.2, 0) is 22.4 Å². The number of carbonyl (C=O) groups excluding carboxylic acids is 2. The standard InChI is InChI=1S/C19H28N2O2/c1-5-14-10-9-11-15(6-2)18(14)21-13-16(12-17(21)22)19(23)20(7-3)8-4/h9-11,16H,5-8,12-13H2,1-4H3. The smallest absolute Gasteiger partial charge is 0.227 e. The molecule has 0 saturated carbocycles. The van der Waals surface area contributed by atoms with E-state index in [1.54, 1.807) is 0 Å². The molecule has 4 nitrogen and oxygen atoms in total. The average Bonchev–Trinajstić information content (AvgIpc) is 2.96. The number of hydrogen-bond donors (Lipinski definition) is 0. The van der Waals surface area contributed by atoms with Gasteiger partial charge in [0.1, 0.15) is 0 Å². The molecule has 1 aliphatic heterocycles. The van der Waals surface area contributed by atoms with E-state index >= 15 is 0 Å². The highest BCUT2D eigenvalue weighted by molar-refractivity contribution is 6.01. The Morgan fingerprint density at radius 1 is 1.13 bits per heavy atom. The second-order valence-corrected chi connectivity index (χ2v) is 6.05. The molecule has 0 N–H and O–H groups in total. The highest BCUT2D eigenvalue weighted by Crippen LogP contribution is 2.32. The number of amides is 2. The van der Waals surface area contributed by atoms with Gasteiger partial charge >= 0.3 is 0 Å². The summed E-state index contributed by atoms with van der Waals surface area (Å²) in [4.78, 5) is 28.8. The minimum Gasteiger partial charge on any atom is -0.343 e. The molecule has 1 fully saturated rings. The molecule has 0 bridgehead atoms. The summed E-state index contributed by atoms with van der Waals surface area (Å²) in [6, 6.07) is 6.23. The maximum atomic E-state index is 12.6. The Labute approximate surface area is 139 Å². The predicted molar refractivity (Wildman–Crippen MR) is 93.6 cm³/mol. The first-order chi connectivity index (χ1) is 11.1. The number of hydrogen-bond acceptors (Lipinski definition) is 2. The summed E-state index contributed by atoms with van der Waals surface area (Å²) in [5, 5.41) is 0. The number of nitrogens with zero attached hydrogens (tertiary/aromatic N) is 2. The fourth-order valence-electron chi connectivity index (χ4n) is 3.44. The number of anilines is 1. The lowest BCUT2D eigenvalue weighted by Gasteiger charge is -2.25. The van der Waals surface area contributed by atoms with Crippen LogP contribution in [-0.4, -0.2) is 36.3 Å². The van der Waals surface area contributed by atoms with Crippen LogP contribution < -0.4 is 4.90 Å². The van der Waals surface area contributed by atoms with Gasteiger partial charge in [0, 0.05) is 31.7 Å². The first-order valence-corrected chi connectivity index (χ1v) is 8.77. The molecule has 126 valence electrons. The lowest BCUT2D eigenvalue weighted by Crippen LogP contribution is -2.37. The number of para-hydroxylation sites is 1. The molecule has 23 heavy (non-hydrogen) atoms. The quantitative estimate of drug-likeness (QED) is 0.809. The van der Waals surface area contributed by atoms with Gasteiger partial charge in [0.05, 0.1) is 5.92 Å². The van der Waals surface area contributed by atoms with Crippen molar-refractivity contribution in [2.45, 2.75) is 47.0 Å². The van der Waals surface area contributed by atoms with Crippen LogP contribution in [0.2, 0.25) is 0 Å². The van der Waals surface area contributed by atoms with E-state index in [0.29, 0.717) is 26.1 Å². The van der Waals surface area contributed by atoms with Crippen LogP contribution in [0.1, 0.15) is 45.2 Å². The second kappa shape index (κ2) is 7.62. The molecule has 1 unspecified atom stereocenters. The van der Waals surface area contributed by atoms with Gasteiger partial charge in [-0.1, -0.05) is 32.0 Å². The number of benzene rings is 1. The molecule has 2 amide bonds. The van der Waals surface area contributed by atoms with E-state index in [-0.39, 0.29) is 17.7 Å². The van der Waals surface area contributed by atoms with Crippen LogP contribution >= 0.6 is 0 Å². The first-order valence-electron chi connectivity index (χ1n) is 8.77. The van der Waals surface area contributed by atoms with Crippen LogP contribution in [0.3, 0.4) is 0 Å². The molecular weight excluding hydrogens is 288 g/mol. The summed E-state index contributed by atoms with van der Waals surface area (Å²) >= 11 is 0. The zero-order chi connectivity index (χ0) is 17.0. The highest BCUT2D eigenvalue weighted by atomic mass is 16.2. The van der Waals surface area contributed by atoms with E-state index in [0.717, 1.165) is 18.5 Å². The van der Waals surface area contributed by atoms with Crippen molar-refractivity contribution in [1.82, 2.24) is 4.90 Å². The number of carbonyl (C=O) groups is 2. The van der Waals surface area contributed by atoms with Crippen molar-refractivity contribution in [2.75, 3.05) is 24.5 Å². The van der Waals surface area contributed by atoms with Gasteiger partial charge in [0.25, 0.3) is 0 Å². The SMILES string of the molecule is CCc1cccc(CC)c1N1CC(C(=O)N(CC)CC)CC1=O. The zero-order valence-corrected chi connectivity index (χ0v) is 14.8. The Morgan fingerprint density at radius 3 is 2.17 bits per heavy atom. The van der Waals surface area contributed by atoms with Crippen molar-refractivity contribution in [3.05, 3.63) is 29.3 Å².